The largest absolute Gasteiger partial charge is 0.348 e. The van der Waals surface area contributed by atoms with Gasteiger partial charge in [0.15, 0.2) is 0 Å². The average Bonchev–Trinajstić information content (AvgIpc) is 2.02. The van der Waals surface area contributed by atoms with Crippen molar-refractivity contribution in [1.29, 1.82) is 0 Å². The smallest absolute Gasteiger partial charge is 0.345 e. The van der Waals surface area contributed by atoms with Gasteiger partial charge in [0, 0.05) is 19.9 Å². The molecule has 0 saturated heterocycles. The van der Waals surface area contributed by atoms with Crippen LogP contribution in [0.4, 0.5) is 0 Å². The maximum atomic E-state index is 10.3. The number of rotatable bonds is 2. The fourth-order valence-electron chi connectivity index (χ4n) is 0.183. The van der Waals surface area contributed by atoms with Crippen LogP contribution in [-0.2, 0) is 9.36 Å². The van der Waals surface area contributed by atoms with E-state index >= 15 is 0 Å². The number of carbonyl (C=O) groups is 1. The Morgan fingerprint density at radius 1 is 1.38 bits per heavy atom. The first kappa shape index (κ1) is 14.6. The molecule has 2 N–H and O–H groups in total. The molecule has 76 valence electrons. The molecule has 0 saturated carbocycles. The predicted molar refractivity (Wildman–Crippen MR) is 51.1 cm³/mol. The number of carbonyl (C=O) groups excluding carboxylic acids is 1. The van der Waals surface area contributed by atoms with Crippen molar-refractivity contribution in [1.82, 2.24) is 4.90 Å². The van der Waals surface area contributed by atoms with Gasteiger partial charge in [0.1, 0.15) is 0 Å². The van der Waals surface area contributed by atoms with Gasteiger partial charge in [0.05, 0.1) is 0 Å². The summed E-state index contributed by atoms with van der Waals surface area (Å²) in [5, 5.41) is 0. The topological polar surface area (TPSA) is 77.8 Å². The van der Waals surface area contributed by atoms with Gasteiger partial charge in [-0.05, 0) is 6.08 Å². The van der Waals surface area contributed by atoms with Crippen LogP contribution in [0.1, 0.15) is 0 Å². The lowest BCUT2D eigenvalue weighted by Crippen LogP contribution is -2.18. The van der Waals surface area contributed by atoms with Crippen molar-refractivity contribution in [3.63, 3.8) is 0 Å². The molecule has 0 rings (SSSR count). The molecule has 0 unspecified atom stereocenters. The molecule has 5 nitrogen and oxygen atoms in total. The molecule has 1 amide bonds. The van der Waals surface area contributed by atoms with Gasteiger partial charge in [-0.2, -0.15) is 0 Å². The van der Waals surface area contributed by atoms with E-state index in [9.17, 15) is 9.36 Å². The fraction of sp³-hybridized carbons (Fsp3) is 0.286. The molecule has 6 heteroatoms. The second-order valence-corrected chi connectivity index (χ2v) is 3.75. The average molecular weight is 207 g/mol. The highest BCUT2D eigenvalue weighted by molar-refractivity contribution is 7.55. The number of nitrogens with zero attached hydrogens (tertiary/aromatic N) is 1. The summed E-state index contributed by atoms with van der Waals surface area (Å²) in [6, 6.07) is 0. The van der Waals surface area contributed by atoms with Crippen molar-refractivity contribution in [3.8, 4) is 0 Å². The summed E-state index contributed by atoms with van der Waals surface area (Å²) < 4.78 is 9.58. The molecule has 0 spiro atoms. The lowest BCUT2D eigenvalue weighted by atomic mass is 10.5. The summed E-state index contributed by atoms with van der Waals surface area (Å²) in [5.41, 5.74) is 0. The van der Waals surface area contributed by atoms with Gasteiger partial charge in [0.2, 0.25) is 5.91 Å². The summed E-state index contributed by atoms with van der Waals surface area (Å²) in [4.78, 5) is 27.4. The zero-order chi connectivity index (χ0) is 11.1. The third-order valence-corrected chi connectivity index (χ3v) is 1.33. The van der Waals surface area contributed by atoms with E-state index in [-0.39, 0.29) is 5.91 Å². The van der Waals surface area contributed by atoms with Crippen LogP contribution in [0.3, 0.4) is 0 Å². The van der Waals surface area contributed by atoms with Crippen LogP contribution in [0, 0.1) is 0 Å². The number of hydrogen-bond donors (Lipinski definition) is 2. The molecule has 0 atom stereocenters. The van der Waals surface area contributed by atoms with Crippen molar-refractivity contribution in [2.75, 3.05) is 14.1 Å². The summed E-state index contributed by atoms with van der Waals surface area (Å²) in [5.74, 6) is 0.549. The summed E-state index contributed by atoms with van der Waals surface area (Å²) in [6.45, 7) is 6.16. The van der Waals surface area contributed by atoms with Crippen LogP contribution >= 0.6 is 7.60 Å². The van der Waals surface area contributed by atoms with Crippen LogP contribution in [0.2, 0.25) is 0 Å². The van der Waals surface area contributed by atoms with E-state index in [1.54, 1.807) is 14.1 Å². The molecule has 0 aromatic carbocycles. The Morgan fingerprint density at radius 3 is 1.69 bits per heavy atom. The first-order chi connectivity index (χ1) is 5.74. The normalized spacial score (nSPS) is 9.23. The van der Waals surface area contributed by atoms with E-state index in [4.69, 9.17) is 9.79 Å². The molecule has 0 bridgehead atoms. The van der Waals surface area contributed by atoms with Crippen molar-refractivity contribution in [3.05, 3.63) is 25.1 Å². The highest BCUT2D eigenvalue weighted by Gasteiger charge is 2.01. The van der Waals surface area contributed by atoms with Crippen molar-refractivity contribution in [2.24, 2.45) is 0 Å². The molecule has 13 heavy (non-hydrogen) atoms. The van der Waals surface area contributed by atoms with Crippen molar-refractivity contribution < 1.29 is 19.1 Å². The molecular weight excluding hydrogens is 193 g/mol. The SMILES string of the molecule is C=CC(=O)N(C)C.C=CP(=O)(O)O. The van der Waals surface area contributed by atoms with Gasteiger partial charge >= 0.3 is 7.60 Å². The Labute approximate surface area is 77.5 Å². The van der Waals surface area contributed by atoms with Crippen molar-refractivity contribution in [2.45, 2.75) is 0 Å². The van der Waals surface area contributed by atoms with Gasteiger partial charge < -0.3 is 14.7 Å². The minimum Gasteiger partial charge on any atom is -0.345 e. The number of hydrogen-bond acceptors (Lipinski definition) is 2. The summed E-state index contributed by atoms with van der Waals surface area (Å²) >= 11 is 0. The van der Waals surface area contributed by atoms with Gasteiger partial charge in [-0.25, -0.2) is 0 Å². The molecule has 0 aliphatic heterocycles. The Hall–Kier alpha value is -0.900. The third kappa shape index (κ3) is 14.0. The van der Waals surface area contributed by atoms with Crippen LogP contribution < -0.4 is 0 Å². The van der Waals surface area contributed by atoms with Gasteiger partial charge in [0.25, 0.3) is 0 Å². The van der Waals surface area contributed by atoms with Gasteiger partial charge in [-0.1, -0.05) is 13.2 Å². The molecule has 0 aromatic heterocycles. The highest BCUT2D eigenvalue weighted by Crippen LogP contribution is 2.34. The van der Waals surface area contributed by atoms with E-state index in [0.29, 0.717) is 5.82 Å². The van der Waals surface area contributed by atoms with Crippen LogP contribution in [0.25, 0.3) is 0 Å². The van der Waals surface area contributed by atoms with E-state index in [0.717, 1.165) is 0 Å². The molecule has 0 radical (unpaired) electrons. The molecule has 0 aliphatic carbocycles. The third-order valence-electron chi connectivity index (χ3n) is 0.853. The van der Waals surface area contributed by atoms with Gasteiger partial charge in [-0.3, -0.25) is 9.36 Å². The monoisotopic (exact) mass is 207 g/mol. The Kier molecular flexibility index (Phi) is 7.42. The van der Waals surface area contributed by atoms with E-state index < -0.39 is 7.60 Å². The van der Waals surface area contributed by atoms with Crippen LogP contribution in [0.15, 0.2) is 25.1 Å². The second-order valence-electron chi connectivity index (χ2n) is 2.21. The van der Waals surface area contributed by atoms with E-state index in [2.05, 4.69) is 13.2 Å². The maximum Gasteiger partial charge on any atom is 0.348 e. The standard InChI is InChI=1S/C5H9NO.C2H5O3P/c1-4-5(7)6(2)3;1-2-6(3,4)5/h4H,1H2,2-3H3;2H,1H2,(H2,3,4,5). The quantitative estimate of drug-likeness (QED) is 0.512. The Bertz CT molecular complexity index is 231. The lowest BCUT2D eigenvalue weighted by Gasteiger charge is -2.03. The Balaban J connectivity index is 0. The molecule has 0 aromatic rings. The van der Waals surface area contributed by atoms with Crippen LogP contribution in [-0.4, -0.2) is 34.7 Å². The van der Waals surface area contributed by atoms with Crippen molar-refractivity contribution >= 4 is 13.5 Å². The van der Waals surface area contributed by atoms with Gasteiger partial charge in [-0.15, -0.1) is 0 Å². The Morgan fingerprint density at radius 2 is 1.69 bits per heavy atom. The zero-order valence-electron chi connectivity index (χ0n) is 7.67. The van der Waals surface area contributed by atoms with Crippen LogP contribution in [0.5, 0.6) is 0 Å². The molecular formula is C7H14NO4P. The minimum atomic E-state index is -3.88. The minimum absolute atomic E-state index is 0.0556. The second kappa shape index (κ2) is 6.60. The highest BCUT2D eigenvalue weighted by atomic mass is 31.2. The fourth-order valence-corrected chi connectivity index (χ4v) is 0.183. The molecule has 0 aliphatic rings. The van der Waals surface area contributed by atoms with E-state index in [1.165, 1.54) is 11.0 Å². The molecule has 0 fully saturated rings. The number of likely N-dealkylation sites (N-methyl/N-ethyl adjacent to an activating group) is 1. The number of amides is 1. The zero-order valence-corrected chi connectivity index (χ0v) is 8.57. The molecule has 0 heterocycles. The maximum absolute atomic E-state index is 10.3. The first-order valence-corrected chi connectivity index (χ1v) is 4.95. The summed E-state index contributed by atoms with van der Waals surface area (Å²) in [7, 11) is -0.514. The summed E-state index contributed by atoms with van der Waals surface area (Å²) in [6.07, 6.45) is 1.28. The first-order valence-electron chi connectivity index (χ1n) is 3.27. The predicted octanol–water partition coefficient (Wildman–Crippen LogP) is 0.568. The lowest BCUT2D eigenvalue weighted by molar-refractivity contribution is -0.123. The van der Waals surface area contributed by atoms with E-state index in [1.807, 2.05) is 0 Å².